The molecule has 2 aliphatic rings. The van der Waals surface area contributed by atoms with E-state index in [4.69, 9.17) is 4.74 Å². The fourth-order valence-corrected chi connectivity index (χ4v) is 4.02. The number of hydrogen-bond donors (Lipinski definition) is 0. The van der Waals surface area contributed by atoms with Gasteiger partial charge in [-0.15, -0.1) is 0 Å². The largest absolute Gasteiger partial charge is 0.374 e. The van der Waals surface area contributed by atoms with Gasteiger partial charge in [0.1, 0.15) is 0 Å². The first-order valence-corrected chi connectivity index (χ1v) is 9.48. The van der Waals surface area contributed by atoms with Crippen LogP contribution in [0.2, 0.25) is 0 Å². The predicted molar refractivity (Wildman–Crippen MR) is 88.7 cm³/mol. The number of nitrogens with zero attached hydrogens (tertiary/aromatic N) is 2. The van der Waals surface area contributed by atoms with Gasteiger partial charge in [0, 0.05) is 43.6 Å². The molecule has 3 nitrogen and oxygen atoms in total. The van der Waals surface area contributed by atoms with Gasteiger partial charge in [0.05, 0.1) is 12.7 Å². The van der Waals surface area contributed by atoms with Crippen molar-refractivity contribution >= 4 is 15.9 Å². The summed E-state index contributed by atoms with van der Waals surface area (Å²) in [5.41, 5.74) is 0. The van der Waals surface area contributed by atoms with E-state index in [1.54, 1.807) is 0 Å². The van der Waals surface area contributed by atoms with Crippen molar-refractivity contribution in [2.75, 3.05) is 38.1 Å². The fourth-order valence-electron chi connectivity index (χ4n) is 3.56. The van der Waals surface area contributed by atoms with E-state index in [1.165, 1.54) is 32.1 Å². The number of alkyl halides is 1. The van der Waals surface area contributed by atoms with Gasteiger partial charge in [-0.2, -0.15) is 0 Å². The Balaban J connectivity index is 1.86. The lowest BCUT2D eigenvalue weighted by Crippen LogP contribution is -2.51. The predicted octanol–water partition coefficient (Wildman–Crippen LogP) is 3.13. The van der Waals surface area contributed by atoms with Gasteiger partial charge in [0.25, 0.3) is 0 Å². The van der Waals surface area contributed by atoms with Crippen molar-refractivity contribution in [3.8, 4) is 0 Å². The average molecular weight is 347 g/mol. The third-order valence-corrected chi connectivity index (χ3v) is 5.16. The maximum atomic E-state index is 6.03. The maximum absolute atomic E-state index is 6.03. The molecule has 118 valence electrons. The minimum atomic E-state index is 0.395. The van der Waals surface area contributed by atoms with E-state index in [2.05, 4.69) is 39.6 Å². The molecule has 1 aliphatic heterocycles. The number of hydrogen-bond acceptors (Lipinski definition) is 3. The van der Waals surface area contributed by atoms with E-state index in [1.807, 2.05) is 0 Å². The van der Waals surface area contributed by atoms with Crippen molar-refractivity contribution in [1.82, 2.24) is 9.80 Å². The summed E-state index contributed by atoms with van der Waals surface area (Å²) in [6.45, 7) is 9.94. The molecule has 1 heterocycles. The molecule has 20 heavy (non-hydrogen) atoms. The summed E-state index contributed by atoms with van der Waals surface area (Å²) in [6, 6.07) is 1.43. The van der Waals surface area contributed by atoms with Crippen molar-refractivity contribution in [3.63, 3.8) is 0 Å². The highest BCUT2D eigenvalue weighted by molar-refractivity contribution is 9.09. The van der Waals surface area contributed by atoms with Crippen molar-refractivity contribution in [2.24, 2.45) is 0 Å². The topological polar surface area (TPSA) is 15.7 Å². The van der Waals surface area contributed by atoms with Crippen molar-refractivity contribution in [1.29, 1.82) is 0 Å². The van der Waals surface area contributed by atoms with Gasteiger partial charge in [-0.3, -0.25) is 9.80 Å². The van der Waals surface area contributed by atoms with Crippen molar-refractivity contribution in [2.45, 2.75) is 64.1 Å². The van der Waals surface area contributed by atoms with Gasteiger partial charge in [0.15, 0.2) is 0 Å². The molecule has 0 N–H and O–H groups in total. The minimum Gasteiger partial charge on any atom is -0.374 e. The average Bonchev–Trinajstić information content (AvgIpc) is 2.48. The summed E-state index contributed by atoms with van der Waals surface area (Å²) < 4.78 is 6.03. The number of rotatable bonds is 6. The second-order valence-electron chi connectivity index (χ2n) is 6.56. The zero-order valence-electron chi connectivity index (χ0n) is 13.2. The first-order chi connectivity index (χ1) is 9.70. The Morgan fingerprint density at radius 3 is 2.65 bits per heavy atom. The molecule has 0 bridgehead atoms. The summed E-state index contributed by atoms with van der Waals surface area (Å²) in [6.07, 6.45) is 7.41. The van der Waals surface area contributed by atoms with Gasteiger partial charge < -0.3 is 4.74 Å². The molecule has 1 unspecified atom stereocenters. The molecule has 1 saturated heterocycles. The quantitative estimate of drug-likeness (QED) is 0.687. The smallest absolute Gasteiger partial charge is 0.0829 e. The summed E-state index contributed by atoms with van der Waals surface area (Å²) in [7, 11) is 0. The van der Waals surface area contributed by atoms with E-state index in [0.29, 0.717) is 12.1 Å². The van der Waals surface area contributed by atoms with Gasteiger partial charge in [-0.1, -0.05) is 35.2 Å². The molecule has 0 aromatic carbocycles. The fraction of sp³-hybridized carbons (Fsp3) is 1.00. The molecule has 0 aromatic rings. The lowest BCUT2D eigenvalue weighted by atomic mass is 9.94. The molecule has 0 radical (unpaired) electrons. The van der Waals surface area contributed by atoms with Crippen LogP contribution in [-0.4, -0.2) is 66.1 Å². The van der Waals surface area contributed by atoms with Crippen LogP contribution in [0.4, 0.5) is 0 Å². The summed E-state index contributed by atoms with van der Waals surface area (Å²) in [5.74, 6) is 0. The Morgan fingerprint density at radius 1 is 1.25 bits per heavy atom. The SMILES string of the molecule is CC(C)N1CCOC(CN(CCBr)C2CCCCC2)C1. The Kier molecular flexibility index (Phi) is 7.29. The molecule has 0 aromatic heterocycles. The zero-order chi connectivity index (χ0) is 14.4. The highest BCUT2D eigenvalue weighted by Crippen LogP contribution is 2.23. The number of halogens is 1. The first-order valence-electron chi connectivity index (χ1n) is 8.36. The van der Waals surface area contributed by atoms with Gasteiger partial charge in [-0.25, -0.2) is 0 Å². The molecule has 2 rings (SSSR count). The summed E-state index contributed by atoms with van der Waals surface area (Å²) in [5, 5.41) is 1.07. The van der Waals surface area contributed by atoms with Crippen LogP contribution in [0.3, 0.4) is 0 Å². The normalized spacial score (nSPS) is 26.6. The molecule has 0 spiro atoms. The summed E-state index contributed by atoms with van der Waals surface area (Å²) in [4.78, 5) is 5.24. The second kappa shape index (κ2) is 8.72. The van der Waals surface area contributed by atoms with E-state index in [9.17, 15) is 0 Å². The zero-order valence-corrected chi connectivity index (χ0v) is 14.8. The lowest BCUT2D eigenvalue weighted by Gasteiger charge is -2.40. The standard InChI is InChI=1S/C16H31BrN2O/c1-14(2)18-10-11-20-16(12-18)13-19(9-8-17)15-6-4-3-5-7-15/h14-16H,3-13H2,1-2H3. The molecule has 2 fully saturated rings. The van der Waals surface area contributed by atoms with Crippen LogP contribution in [0.15, 0.2) is 0 Å². The van der Waals surface area contributed by atoms with Crippen molar-refractivity contribution < 1.29 is 4.74 Å². The minimum absolute atomic E-state index is 0.395. The number of morpholine rings is 1. The maximum Gasteiger partial charge on any atom is 0.0829 e. The lowest BCUT2D eigenvalue weighted by molar-refractivity contribution is -0.0577. The monoisotopic (exact) mass is 346 g/mol. The van der Waals surface area contributed by atoms with Crippen LogP contribution >= 0.6 is 15.9 Å². The summed E-state index contributed by atoms with van der Waals surface area (Å²) >= 11 is 3.62. The first kappa shape index (κ1) is 16.7. The molecular weight excluding hydrogens is 316 g/mol. The van der Waals surface area contributed by atoms with Crippen LogP contribution < -0.4 is 0 Å². The van der Waals surface area contributed by atoms with E-state index >= 15 is 0 Å². The second-order valence-corrected chi connectivity index (χ2v) is 7.35. The molecule has 4 heteroatoms. The van der Waals surface area contributed by atoms with E-state index < -0.39 is 0 Å². The Bertz CT molecular complexity index is 269. The van der Waals surface area contributed by atoms with Gasteiger partial charge in [-0.05, 0) is 26.7 Å². The highest BCUT2D eigenvalue weighted by atomic mass is 79.9. The van der Waals surface area contributed by atoms with Crippen LogP contribution in [0.25, 0.3) is 0 Å². The van der Waals surface area contributed by atoms with Gasteiger partial charge in [0.2, 0.25) is 0 Å². The van der Waals surface area contributed by atoms with Crippen LogP contribution in [0, 0.1) is 0 Å². The van der Waals surface area contributed by atoms with Crippen LogP contribution in [0.1, 0.15) is 46.0 Å². The Hall–Kier alpha value is 0.360. The van der Waals surface area contributed by atoms with E-state index in [0.717, 1.165) is 44.2 Å². The number of ether oxygens (including phenoxy) is 1. The molecule has 1 saturated carbocycles. The molecule has 1 atom stereocenters. The van der Waals surface area contributed by atoms with Crippen molar-refractivity contribution in [3.05, 3.63) is 0 Å². The Labute approximate surface area is 133 Å². The molecular formula is C16H31BrN2O. The van der Waals surface area contributed by atoms with Crippen LogP contribution in [-0.2, 0) is 4.74 Å². The van der Waals surface area contributed by atoms with Crippen LogP contribution in [0.5, 0.6) is 0 Å². The van der Waals surface area contributed by atoms with Gasteiger partial charge >= 0.3 is 0 Å². The third-order valence-electron chi connectivity index (χ3n) is 4.80. The third kappa shape index (κ3) is 4.97. The Morgan fingerprint density at radius 2 is 2.00 bits per heavy atom. The molecule has 0 amide bonds. The molecule has 1 aliphatic carbocycles. The van der Waals surface area contributed by atoms with E-state index in [-0.39, 0.29) is 0 Å². The highest BCUT2D eigenvalue weighted by Gasteiger charge is 2.27.